The van der Waals surface area contributed by atoms with E-state index in [0.717, 1.165) is 54.7 Å². The molecule has 12 aromatic carbocycles. The van der Waals surface area contributed by atoms with Gasteiger partial charge in [0.25, 0.3) is 0 Å². The fraction of sp³-hybridized carbons (Fsp3) is 0.0132. The number of nitrogens with zero attached hydrogens (tertiary/aromatic N) is 6. The molecule has 0 unspecified atom stereocenters. The summed E-state index contributed by atoms with van der Waals surface area (Å²) in [6.45, 7) is 0. The molecule has 6 nitrogen and oxygen atoms in total. The molecule has 0 atom stereocenters. The first-order valence-corrected chi connectivity index (χ1v) is 30.5. The molecule has 0 saturated carbocycles. The van der Waals surface area contributed by atoms with Crippen LogP contribution in [0.5, 0.6) is 0 Å². The van der Waals surface area contributed by atoms with Crippen LogP contribution in [0.3, 0.4) is 0 Å². The van der Waals surface area contributed by atoms with Gasteiger partial charge in [0.05, 0.1) is 44.2 Å². The van der Waals surface area contributed by atoms with Crippen LogP contribution >= 0.6 is 0 Å². The second-order valence-corrected chi connectivity index (χ2v) is 25.9. The standard InChI is InChI=1S/C76H48N6Si/c1-5-23-51(24-6-1)76(52-25-7-2-8-26-52)61-35-15-18-39-67(61)80-65-45-43-49(47-59(65)57-33-21-36-62(76)71(57)80)73-77-74(79-75(78-73)82-63-37-16-13-31-55(63)56-32-14-17-38-64(56)82)50-44-46-66-60(48-50)58-34-22-42-70-72(58)81(66)68-40-19-20-41-69(68)83(70,53-27-9-3-10-28-53)54-29-11-4-12-30-54/h1-48H. The minimum Gasteiger partial charge on any atom is -0.309 e. The van der Waals surface area contributed by atoms with Crippen LogP contribution in [-0.2, 0) is 5.41 Å². The van der Waals surface area contributed by atoms with Crippen LogP contribution in [0.15, 0.2) is 291 Å². The largest absolute Gasteiger partial charge is 0.309 e. The lowest BCUT2D eigenvalue weighted by atomic mass is 9.63. The van der Waals surface area contributed by atoms with Crippen molar-refractivity contribution in [2.45, 2.75) is 5.41 Å². The van der Waals surface area contributed by atoms with Crippen LogP contribution in [0, 0.1) is 0 Å². The molecule has 2 aliphatic rings. The minimum absolute atomic E-state index is 0.563. The molecule has 83 heavy (non-hydrogen) atoms. The van der Waals surface area contributed by atoms with Crippen molar-refractivity contribution in [1.29, 1.82) is 0 Å². The SMILES string of the molecule is c1ccc(C2(c3ccccc3)c3ccccc3-n3c4ccc(-c5nc(-c6ccc7c(c6)c6cccc8c6n7-c6ccccc6[Si]8(c6ccccc6)c6ccccc6)nc(-n6c7ccccc7c7ccccc76)n5)cc4c4cccc2c43)cc1. The highest BCUT2D eigenvalue weighted by Crippen LogP contribution is 2.54. The minimum atomic E-state index is -2.83. The van der Waals surface area contributed by atoms with Gasteiger partial charge in [-0.2, -0.15) is 9.97 Å². The van der Waals surface area contributed by atoms with Gasteiger partial charge < -0.3 is 9.13 Å². The number of aromatic nitrogens is 6. The maximum absolute atomic E-state index is 5.57. The molecule has 0 spiro atoms. The lowest BCUT2D eigenvalue weighted by Gasteiger charge is -2.41. The Bertz CT molecular complexity index is 4930. The third-order valence-electron chi connectivity index (χ3n) is 18.2. The number of para-hydroxylation sites is 6. The smallest absolute Gasteiger partial charge is 0.238 e. The second-order valence-electron chi connectivity index (χ2n) is 22.2. The first-order valence-electron chi connectivity index (χ1n) is 28.5. The summed E-state index contributed by atoms with van der Waals surface area (Å²) in [7, 11) is -2.83. The average molecular weight is 1070 g/mol. The molecule has 6 heterocycles. The van der Waals surface area contributed by atoms with Crippen LogP contribution < -0.4 is 20.7 Å². The topological polar surface area (TPSA) is 53.5 Å². The Balaban J connectivity index is 0.887. The molecule has 7 heteroatoms. The quantitative estimate of drug-likeness (QED) is 0.149. The summed E-state index contributed by atoms with van der Waals surface area (Å²) in [5, 5.41) is 12.5. The maximum atomic E-state index is 5.57. The van der Waals surface area contributed by atoms with Gasteiger partial charge in [-0.05, 0) is 104 Å². The summed E-state index contributed by atoms with van der Waals surface area (Å²) in [6.07, 6.45) is 0. The Morgan fingerprint density at radius 3 is 1.33 bits per heavy atom. The summed E-state index contributed by atoms with van der Waals surface area (Å²) in [6, 6.07) is 107. The zero-order valence-corrected chi connectivity index (χ0v) is 45.9. The summed E-state index contributed by atoms with van der Waals surface area (Å²) in [5.41, 5.74) is 15.4. The van der Waals surface area contributed by atoms with Crippen LogP contribution in [-0.4, -0.2) is 36.7 Å². The maximum Gasteiger partial charge on any atom is 0.238 e. The third-order valence-corrected chi connectivity index (χ3v) is 23.1. The Hall–Kier alpha value is -10.7. The van der Waals surface area contributed by atoms with Gasteiger partial charge in [-0.1, -0.05) is 231 Å². The van der Waals surface area contributed by atoms with E-state index in [4.69, 9.17) is 15.0 Å². The Kier molecular flexibility index (Phi) is 9.65. The van der Waals surface area contributed by atoms with Gasteiger partial charge in [0.1, 0.15) is 0 Å². The van der Waals surface area contributed by atoms with E-state index in [-0.39, 0.29) is 0 Å². The molecule has 0 aliphatic carbocycles. The summed E-state index contributed by atoms with van der Waals surface area (Å²) in [5.74, 6) is 1.76. The number of hydrogen-bond acceptors (Lipinski definition) is 3. The number of hydrogen-bond donors (Lipinski definition) is 0. The van der Waals surface area contributed by atoms with Crippen LogP contribution in [0.1, 0.15) is 22.3 Å². The highest BCUT2D eigenvalue weighted by Gasteiger charge is 2.48. The first-order chi connectivity index (χ1) is 41.2. The molecule has 4 aromatic heterocycles. The number of benzene rings is 12. The van der Waals surface area contributed by atoms with E-state index in [1.54, 1.807) is 0 Å². The molecule has 0 saturated heterocycles. The molecule has 0 fully saturated rings. The lowest BCUT2D eigenvalue weighted by molar-refractivity contribution is 0.728. The van der Waals surface area contributed by atoms with Gasteiger partial charge >= 0.3 is 0 Å². The number of rotatable bonds is 7. The molecular formula is C76H48N6Si. The molecule has 18 rings (SSSR count). The predicted molar refractivity (Wildman–Crippen MR) is 343 cm³/mol. The summed E-state index contributed by atoms with van der Waals surface area (Å²) >= 11 is 0. The highest BCUT2D eigenvalue weighted by molar-refractivity contribution is 7.21. The van der Waals surface area contributed by atoms with E-state index in [1.807, 2.05) is 0 Å². The van der Waals surface area contributed by atoms with Crippen molar-refractivity contribution in [3.63, 3.8) is 0 Å². The van der Waals surface area contributed by atoms with Gasteiger partial charge in [-0.15, -0.1) is 0 Å². The van der Waals surface area contributed by atoms with Gasteiger partial charge in [0.2, 0.25) is 5.95 Å². The van der Waals surface area contributed by atoms with Crippen molar-refractivity contribution in [2.75, 3.05) is 0 Å². The van der Waals surface area contributed by atoms with Crippen molar-refractivity contribution in [3.05, 3.63) is 313 Å². The van der Waals surface area contributed by atoms with Crippen molar-refractivity contribution in [3.8, 4) is 40.1 Å². The molecule has 386 valence electrons. The van der Waals surface area contributed by atoms with Gasteiger partial charge in [0.15, 0.2) is 19.7 Å². The lowest BCUT2D eigenvalue weighted by Crippen LogP contribution is -2.76. The molecule has 2 aliphatic heterocycles. The van der Waals surface area contributed by atoms with Crippen molar-refractivity contribution in [1.82, 2.24) is 28.7 Å². The second kappa shape index (κ2) is 17.4. The molecule has 0 radical (unpaired) electrons. The van der Waals surface area contributed by atoms with Crippen molar-refractivity contribution >= 4 is 94.2 Å². The van der Waals surface area contributed by atoms with Crippen LogP contribution in [0.25, 0.3) is 106 Å². The van der Waals surface area contributed by atoms with E-state index >= 15 is 0 Å². The molecule has 0 N–H and O–H groups in total. The highest BCUT2D eigenvalue weighted by atomic mass is 28.3. The van der Waals surface area contributed by atoms with Crippen molar-refractivity contribution in [2.24, 2.45) is 0 Å². The Morgan fingerprint density at radius 1 is 0.289 bits per heavy atom. The van der Waals surface area contributed by atoms with Gasteiger partial charge in [0, 0.05) is 49.1 Å². The van der Waals surface area contributed by atoms with E-state index in [9.17, 15) is 0 Å². The Labute approximate surface area is 479 Å². The van der Waals surface area contributed by atoms with Crippen LogP contribution in [0.2, 0.25) is 0 Å². The average Bonchev–Trinajstić information content (AvgIpc) is 4.36. The third kappa shape index (κ3) is 6.18. The summed E-state index contributed by atoms with van der Waals surface area (Å²) in [4.78, 5) is 16.6. The summed E-state index contributed by atoms with van der Waals surface area (Å²) < 4.78 is 7.23. The molecule has 0 bridgehead atoms. The molecule has 16 aromatic rings. The Morgan fingerprint density at radius 2 is 0.723 bits per heavy atom. The zero-order chi connectivity index (χ0) is 54.4. The predicted octanol–water partition coefficient (Wildman–Crippen LogP) is 14.9. The number of fused-ring (bicyclic) bond motifs is 13. The first kappa shape index (κ1) is 46.1. The molecule has 0 amide bonds. The molecular weight excluding hydrogens is 1020 g/mol. The van der Waals surface area contributed by atoms with Crippen LogP contribution in [0.4, 0.5) is 0 Å². The zero-order valence-electron chi connectivity index (χ0n) is 44.9. The van der Waals surface area contributed by atoms with E-state index in [1.165, 1.54) is 76.2 Å². The monoisotopic (exact) mass is 1070 g/mol. The van der Waals surface area contributed by atoms with E-state index in [2.05, 4.69) is 305 Å². The van der Waals surface area contributed by atoms with E-state index < -0.39 is 13.5 Å². The van der Waals surface area contributed by atoms with Crippen molar-refractivity contribution < 1.29 is 0 Å². The van der Waals surface area contributed by atoms with E-state index in [0.29, 0.717) is 17.6 Å². The van der Waals surface area contributed by atoms with Gasteiger partial charge in [-0.25, -0.2) is 4.98 Å². The fourth-order valence-electron chi connectivity index (χ4n) is 15.0. The van der Waals surface area contributed by atoms with Gasteiger partial charge in [-0.3, -0.25) is 4.57 Å². The fourth-order valence-corrected chi connectivity index (χ4v) is 20.1. The normalized spacial score (nSPS) is 13.7.